The number of aromatic amines is 1. The minimum absolute atomic E-state index is 0.0219. The number of nitriles is 1. The molecule has 1 aromatic carbocycles. The van der Waals surface area contributed by atoms with Crippen LogP contribution in [-0.2, 0) is 0 Å². The van der Waals surface area contributed by atoms with Gasteiger partial charge < -0.3 is 9.88 Å². The van der Waals surface area contributed by atoms with Crippen molar-refractivity contribution in [3.63, 3.8) is 0 Å². The monoisotopic (exact) mass is 407 g/mol. The molecule has 0 radical (unpaired) electrons. The van der Waals surface area contributed by atoms with Crippen LogP contribution in [0.1, 0.15) is 40.4 Å². The van der Waals surface area contributed by atoms with Crippen LogP contribution in [0.2, 0.25) is 10.0 Å². The predicted octanol–water partition coefficient (Wildman–Crippen LogP) is 4.25. The fourth-order valence-corrected chi connectivity index (χ4v) is 3.97. The average Bonchev–Trinajstić information content (AvgIpc) is 3.12. The minimum Gasteiger partial charge on any atom is -0.331 e. The maximum atomic E-state index is 13.0. The highest BCUT2D eigenvalue weighted by molar-refractivity contribution is 7.98. The molecule has 26 heavy (non-hydrogen) atoms. The molecule has 8 heteroatoms. The van der Waals surface area contributed by atoms with Crippen LogP contribution in [0.15, 0.2) is 34.1 Å². The zero-order chi connectivity index (χ0) is 18.8. The Labute approximate surface area is 164 Å². The molecule has 1 aliphatic rings. The van der Waals surface area contributed by atoms with E-state index in [2.05, 4.69) is 4.98 Å². The number of hydrogen-bond acceptors (Lipinski definition) is 4. The molecule has 2 aromatic rings. The van der Waals surface area contributed by atoms with E-state index in [1.54, 1.807) is 23.3 Å². The summed E-state index contributed by atoms with van der Waals surface area (Å²) in [5.41, 5.74) is 0.651. The van der Waals surface area contributed by atoms with Crippen molar-refractivity contribution in [2.24, 2.45) is 0 Å². The Balaban J connectivity index is 1.98. The normalized spacial score (nSPS) is 16.5. The summed E-state index contributed by atoms with van der Waals surface area (Å²) in [6, 6.07) is 8.51. The third-order valence-electron chi connectivity index (χ3n) is 4.40. The molecule has 2 heterocycles. The van der Waals surface area contributed by atoms with Crippen LogP contribution in [0.5, 0.6) is 0 Å². The molecular weight excluding hydrogens is 393 g/mol. The second kappa shape index (κ2) is 7.75. The van der Waals surface area contributed by atoms with Crippen molar-refractivity contribution in [3.05, 3.63) is 61.4 Å². The molecule has 1 aliphatic heterocycles. The highest BCUT2D eigenvalue weighted by atomic mass is 35.5. The maximum absolute atomic E-state index is 13.0. The molecule has 0 saturated carbocycles. The first kappa shape index (κ1) is 18.8. The van der Waals surface area contributed by atoms with Crippen molar-refractivity contribution in [3.8, 4) is 6.07 Å². The van der Waals surface area contributed by atoms with Crippen LogP contribution in [0.25, 0.3) is 0 Å². The quantitative estimate of drug-likeness (QED) is 0.771. The number of hydrogen-bond donors (Lipinski definition) is 1. The van der Waals surface area contributed by atoms with Gasteiger partial charge in [-0.2, -0.15) is 5.26 Å². The SMILES string of the molecule is CSc1[nH]c(=O)c(C(=O)N2CCC[C@H]2c2ccc(Cl)c(Cl)c2)cc1C#N. The van der Waals surface area contributed by atoms with Crippen LogP contribution in [-0.4, -0.2) is 28.6 Å². The second-order valence-corrected chi connectivity index (χ2v) is 7.53. The number of amides is 1. The van der Waals surface area contributed by atoms with Gasteiger partial charge in [-0.1, -0.05) is 29.3 Å². The molecule has 1 aromatic heterocycles. The summed E-state index contributed by atoms with van der Waals surface area (Å²) in [6.07, 6.45) is 3.35. The maximum Gasteiger partial charge on any atom is 0.261 e. The van der Waals surface area contributed by atoms with E-state index in [0.29, 0.717) is 21.6 Å². The molecule has 0 unspecified atom stereocenters. The van der Waals surface area contributed by atoms with Crippen LogP contribution in [0, 0.1) is 11.3 Å². The number of nitrogens with zero attached hydrogens (tertiary/aromatic N) is 2. The van der Waals surface area contributed by atoms with Crippen LogP contribution in [0.3, 0.4) is 0 Å². The highest BCUT2D eigenvalue weighted by Crippen LogP contribution is 2.35. The standard InChI is InChI=1S/C18H15Cl2N3O2S/c1-26-17-11(9-21)7-12(16(24)22-17)18(25)23-6-2-3-15(23)10-4-5-13(19)14(20)8-10/h4-5,7-8,15H,2-3,6H2,1H3,(H,22,24)/t15-/m0/s1. The average molecular weight is 408 g/mol. The molecule has 134 valence electrons. The first-order chi connectivity index (χ1) is 12.5. The van der Waals surface area contributed by atoms with E-state index in [0.717, 1.165) is 18.4 Å². The topological polar surface area (TPSA) is 77.0 Å². The second-order valence-electron chi connectivity index (χ2n) is 5.90. The van der Waals surface area contributed by atoms with Gasteiger partial charge in [0.1, 0.15) is 11.6 Å². The number of nitrogens with one attached hydrogen (secondary N) is 1. The van der Waals surface area contributed by atoms with Gasteiger partial charge in [-0.3, -0.25) is 9.59 Å². The van der Waals surface area contributed by atoms with E-state index < -0.39 is 5.56 Å². The Morgan fingerprint density at radius 1 is 1.35 bits per heavy atom. The van der Waals surface area contributed by atoms with E-state index in [9.17, 15) is 14.9 Å². The number of carbonyl (C=O) groups is 1. The number of benzene rings is 1. The van der Waals surface area contributed by atoms with Gasteiger partial charge in [0, 0.05) is 6.54 Å². The Morgan fingerprint density at radius 3 is 2.77 bits per heavy atom. The molecule has 3 rings (SSSR count). The van der Waals surface area contributed by atoms with Gasteiger partial charge in [-0.05, 0) is 42.9 Å². The number of likely N-dealkylation sites (tertiary alicyclic amines) is 1. The van der Waals surface area contributed by atoms with Crippen LogP contribution >= 0.6 is 35.0 Å². The van der Waals surface area contributed by atoms with Gasteiger partial charge in [-0.15, -0.1) is 11.8 Å². The largest absolute Gasteiger partial charge is 0.331 e. The molecule has 1 fully saturated rings. The number of H-pyrrole nitrogens is 1. The summed E-state index contributed by atoms with van der Waals surface area (Å²) in [4.78, 5) is 29.6. The molecule has 0 bridgehead atoms. The van der Waals surface area contributed by atoms with Crippen LogP contribution in [0.4, 0.5) is 0 Å². The highest BCUT2D eigenvalue weighted by Gasteiger charge is 2.32. The lowest BCUT2D eigenvalue weighted by molar-refractivity contribution is 0.0733. The number of aromatic nitrogens is 1. The predicted molar refractivity (Wildman–Crippen MR) is 103 cm³/mol. The summed E-state index contributed by atoms with van der Waals surface area (Å²) in [5.74, 6) is -0.385. The zero-order valence-electron chi connectivity index (χ0n) is 13.9. The summed E-state index contributed by atoms with van der Waals surface area (Å²) in [6.45, 7) is 0.537. The van der Waals surface area contributed by atoms with Crippen molar-refractivity contribution in [1.82, 2.24) is 9.88 Å². The number of pyridine rings is 1. The summed E-state index contributed by atoms with van der Waals surface area (Å²) in [7, 11) is 0. The fourth-order valence-electron chi connectivity index (χ4n) is 3.15. The lowest BCUT2D eigenvalue weighted by Crippen LogP contribution is -2.34. The summed E-state index contributed by atoms with van der Waals surface area (Å²) in [5, 5.41) is 10.6. The number of thioether (sulfide) groups is 1. The van der Waals surface area contributed by atoms with Gasteiger partial charge in [0.05, 0.1) is 26.7 Å². The third-order valence-corrected chi connectivity index (χ3v) is 5.87. The van der Waals surface area contributed by atoms with Crippen molar-refractivity contribution < 1.29 is 4.79 Å². The van der Waals surface area contributed by atoms with Gasteiger partial charge in [0.15, 0.2) is 0 Å². The molecule has 0 aliphatic carbocycles. The third kappa shape index (κ3) is 3.48. The Morgan fingerprint density at radius 2 is 2.12 bits per heavy atom. The molecule has 5 nitrogen and oxygen atoms in total. The number of halogens is 2. The molecule has 1 amide bonds. The van der Waals surface area contributed by atoms with E-state index >= 15 is 0 Å². The van der Waals surface area contributed by atoms with Gasteiger partial charge in [-0.25, -0.2) is 0 Å². The van der Waals surface area contributed by atoms with Gasteiger partial charge in [0.2, 0.25) is 0 Å². The molecule has 1 atom stereocenters. The van der Waals surface area contributed by atoms with E-state index in [4.69, 9.17) is 23.2 Å². The first-order valence-electron chi connectivity index (χ1n) is 7.93. The number of rotatable bonds is 3. The van der Waals surface area contributed by atoms with Crippen molar-refractivity contribution in [1.29, 1.82) is 5.26 Å². The lowest BCUT2D eigenvalue weighted by atomic mass is 10.0. The van der Waals surface area contributed by atoms with Crippen molar-refractivity contribution in [2.45, 2.75) is 23.9 Å². The van der Waals surface area contributed by atoms with Gasteiger partial charge >= 0.3 is 0 Å². The lowest BCUT2D eigenvalue weighted by Gasteiger charge is -2.25. The van der Waals surface area contributed by atoms with Crippen LogP contribution < -0.4 is 5.56 Å². The summed E-state index contributed by atoms with van der Waals surface area (Å²) >= 11 is 13.3. The minimum atomic E-state index is -0.488. The fraction of sp³-hybridized carbons (Fsp3) is 0.278. The Kier molecular flexibility index (Phi) is 5.61. The van der Waals surface area contributed by atoms with Gasteiger partial charge in [0.25, 0.3) is 11.5 Å². The smallest absolute Gasteiger partial charge is 0.261 e. The number of carbonyl (C=O) groups excluding carboxylic acids is 1. The van der Waals surface area contributed by atoms with E-state index in [-0.39, 0.29) is 23.1 Å². The Hall–Kier alpha value is -1.94. The van der Waals surface area contributed by atoms with E-state index in [1.807, 2.05) is 12.1 Å². The molecular formula is C18H15Cl2N3O2S. The zero-order valence-corrected chi connectivity index (χ0v) is 16.2. The molecule has 0 spiro atoms. The molecule has 1 N–H and O–H groups in total. The molecule has 1 saturated heterocycles. The first-order valence-corrected chi connectivity index (χ1v) is 9.91. The van der Waals surface area contributed by atoms with Crippen molar-refractivity contribution >= 4 is 40.9 Å². The summed E-state index contributed by atoms with van der Waals surface area (Å²) < 4.78 is 0. The van der Waals surface area contributed by atoms with E-state index in [1.165, 1.54) is 17.8 Å². The Bertz CT molecular complexity index is 968. The van der Waals surface area contributed by atoms with Crippen molar-refractivity contribution in [2.75, 3.05) is 12.8 Å².